The molecule has 3 saturated carbocycles. The molecule has 7 nitrogen and oxygen atoms in total. The van der Waals surface area contributed by atoms with E-state index in [4.69, 9.17) is 5.11 Å². The zero-order valence-electron chi connectivity index (χ0n) is 18.5. The van der Waals surface area contributed by atoms with Gasteiger partial charge >= 0.3 is 5.97 Å². The van der Waals surface area contributed by atoms with E-state index >= 15 is 4.39 Å². The fourth-order valence-corrected chi connectivity index (χ4v) is 7.58. The maximum Gasteiger partial charge on any atom is 0.306 e. The second-order valence-corrected chi connectivity index (χ2v) is 10.6. The lowest BCUT2D eigenvalue weighted by molar-refractivity contribution is -0.221. The summed E-state index contributed by atoms with van der Waals surface area (Å²) in [6, 6.07) is 0. The number of aliphatic hydroxyl groups is 3. The number of Topliss-reactive ketones (excluding diaryl/α,β-unsaturated/α-hetero) is 1. The summed E-state index contributed by atoms with van der Waals surface area (Å²) >= 11 is 0. The number of hydrogen-bond acceptors (Lipinski definition) is 6. The van der Waals surface area contributed by atoms with E-state index in [0.29, 0.717) is 24.8 Å². The van der Waals surface area contributed by atoms with Gasteiger partial charge in [0.05, 0.1) is 12.5 Å². The van der Waals surface area contributed by atoms with Gasteiger partial charge in [-0.2, -0.15) is 0 Å². The Hall–Kier alpha value is -1.90. The predicted molar refractivity (Wildman–Crippen MR) is 111 cm³/mol. The second-order valence-electron chi connectivity index (χ2n) is 10.6. The van der Waals surface area contributed by atoms with Crippen molar-refractivity contribution in [3.8, 4) is 0 Å². The Morgan fingerprint density at radius 3 is 2.56 bits per heavy atom. The van der Waals surface area contributed by atoms with Gasteiger partial charge in [0.1, 0.15) is 11.7 Å². The number of aliphatic carboxylic acids is 1. The first-order valence-corrected chi connectivity index (χ1v) is 11.2. The van der Waals surface area contributed by atoms with Gasteiger partial charge in [-0.1, -0.05) is 25.5 Å². The van der Waals surface area contributed by atoms with Crippen LogP contribution in [-0.4, -0.2) is 61.4 Å². The molecule has 0 amide bonds. The topological polar surface area (TPSA) is 132 Å². The van der Waals surface area contributed by atoms with Crippen LogP contribution < -0.4 is 0 Å². The van der Waals surface area contributed by atoms with Gasteiger partial charge in [0, 0.05) is 16.7 Å². The van der Waals surface area contributed by atoms with Crippen LogP contribution in [0.25, 0.3) is 0 Å². The summed E-state index contributed by atoms with van der Waals surface area (Å²) in [7, 11) is 0. The van der Waals surface area contributed by atoms with Crippen LogP contribution in [0.15, 0.2) is 23.8 Å². The number of carboxylic acid groups (broad SMARTS) is 1. The number of ketones is 2. The van der Waals surface area contributed by atoms with Crippen LogP contribution in [-0.2, 0) is 14.4 Å². The zero-order chi connectivity index (χ0) is 23.9. The summed E-state index contributed by atoms with van der Waals surface area (Å²) in [6.07, 6.45) is 0.951. The third-order valence-electron chi connectivity index (χ3n) is 9.27. The molecule has 0 aliphatic heterocycles. The predicted octanol–water partition coefficient (Wildman–Crippen LogP) is 1.74. The van der Waals surface area contributed by atoms with Crippen LogP contribution in [0.2, 0.25) is 0 Å². The van der Waals surface area contributed by atoms with Gasteiger partial charge in [0.15, 0.2) is 17.2 Å². The normalized spacial score (nSPS) is 48.3. The van der Waals surface area contributed by atoms with Crippen LogP contribution in [0.4, 0.5) is 4.39 Å². The molecule has 176 valence electrons. The molecule has 4 N–H and O–H groups in total. The molecule has 0 aromatic heterocycles. The van der Waals surface area contributed by atoms with E-state index in [0.717, 1.165) is 0 Å². The van der Waals surface area contributed by atoms with E-state index in [-0.39, 0.29) is 12.2 Å². The first-order chi connectivity index (χ1) is 14.7. The molecule has 3 fully saturated rings. The molecule has 0 spiro atoms. The average Bonchev–Trinajstić information content (AvgIpc) is 2.90. The third-order valence-corrected chi connectivity index (χ3v) is 9.27. The molecule has 4 rings (SSSR count). The summed E-state index contributed by atoms with van der Waals surface area (Å²) in [5, 5.41) is 42.1. The number of fused-ring (bicyclic) bond motifs is 5. The van der Waals surface area contributed by atoms with Gasteiger partial charge < -0.3 is 20.4 Å². The Morgan fingerprint density at radius 1 is 1.28 bits per heavy atom. The van der Waals surface area contributed by atoms with Crippen molar-refractivity contribution in [2.75, 3.05) is 0 Å². The fraction of sp³-hybridized carbons (Fsp3) is 0.708. The number of alkyl halides is 1. The highest BCUT2D eigenvalue weighted by molar-refractivity contribution is 6.01. The number of carbonyl (C=O) groups excluding carboxylic acids is 2. The standard InChI is InChI=1S/C24H31FO7/c1-12-8-16-15-5-4-13-9-14(26)6-7-21(13,2)23(15,25)18(28)11-22(16,3)24(12,32)20(31)17(27)10-19(29)30/h6-7,9,12,15-18,27-28,32H,4-5,8,10-11H2,1-3H3,(H,29,30)/t12?,15-,16-,17?,18-,21-,22-,23-,24-/m0/s1. The maximum absolute atomic E-state index is 17.0. The minimum atomic E-state index is -2.09. The molecule has 0 aromatic rings. The average molecular weight is 451 g/mol. The van der Waals surface area contributed by atoms with E-state index < -0.39 is 70.2 Å². The number of carboxylic acids is 1. The van der Waals surface area contributed by atoms with Crippen LogP contribution in [0.5, 0.6) is 0 Å². The Kier molecular flexibility index (Phi) is 5.12. The minimum Gasteiger partial charge on any atom is -0.481 e. The smallest absolute Gasteiger partial charge is 0.306 e. The monoisotopic (exact) mass is 450 g/mol. The van der Waals surface area contributed by atoms with E-state index in [2.05, 4.69) is 0 Å². The van der Waals surface area contributed by atoms with Crippen molar-refractivity contribution < 1.29 is 39.2 Å². The third kappa shape index (κ3) is 2.66. The van der Waals surface area contributed by atoms with Crippen LogP contribution >= 0.6 is 0 Å². The van der Waals surface area contributed by atoms with Crippen molar-refractivity contribution in [1.29, 1.82) is 0 Å². The molecular weight excluding hydrogens is 419 g/mol. The lowest BCUT2D eigenvalue weighted by Gasteiger charge is -2.62. The van der Waals surface area contributed by atoms with Gasteiger partial charge in [-0.25, -0.2) is 4.39 Å². The van der Waals surface area contributed by atoms with Crippen molar-refractivity contribution >= 4 is 17.5 Å². The first kappa shape index (κ1) is 23.3. The lowest BCUT2D eigenvalue weighted by atomic mass is 9.44. The molecule has 2 unspecified atom stereocenters. The maximum atomic E-state index is 17.0. The number of hydrogen-bond donors (Lipinski definition) is 4. The molecule has 8 heteroatoms. The van der Waals surface area contributed by atoms with E-state index in [1.807, 2.05) is 0 Å². The number of allylic oxidation sites excluding steroid dienone is 4. The van der Waals surface area contributed by atoms with E-state index in [9.17, 15) is 29.7 Å². The molecule has 0 heterocycles. The molecule has 9 atom stereocenters. The number of carbonyl (C=O) groups is 3. The Morgan fingerprint density at radius 2 is 1.94 bits per heavy atom. The van der Waals surface area contributed by atoms with Crippen molar-refractivity contribution in [2.24, 2.45) is 28.6 Å². The molecule has 4 aliphatic carbocycles. The Balaban J connectivity index is 1.77. The molecule has 4 aliphatic rings. The molecule has 0 aromatic carbocycles. The number of aliphatic hydroxyl groups excluding tert-OH is 2. The van der Waals surface area contributed by atoms with Crippen molar-refractivity contribution in [2.45, 2.75) is 76.4 Å². The summed E-state index contributed by atoms with van der Waals surface area (Å²) in [5.74, 6) is -4.38. The molecule has 0 saturated heterocycles. The van der Waals surface area contributed by atoms with Crippen LogP contribution in [0.3, 0.4) is 0 Å². The zero-order valence-corrected chi connectivity index (χ0v) is 18.5. The van der Waals surface area contributed by atoms with Gasteiger partial charge in [0.2, 0.25) is 0 Å². The van der Waals surface area contributed by atoms with Crippen molar-refractivity contribution in [1.82, 2.24) is 0 Å². The first-order valence-electron chi connectivity index (χ1n) is 11.2. The highest BCUT2D eigenvalue weighted by Gasteiger charge is 2.75. The number of halogens is 1. The van der Waals surface area contributed by atoms with Gasteiger partial charge in [-0.05, 0) is 56.6 Å². The summed E-state index contributed by atoms with van der Waals surface area (Å²) in [6.45, 7) is 4.98. The van der Waals surface area contributed by atoms with Crippen LogP contribution in [0.1, 0.15) is 52.9 Å². The quantitative estimate of drug-likeness (QED) is 0.513. The summed E-state index contributed by atoms with van der Waals surface area (Å²) in [4.78, 5) is 36.1. The fourth-order valence-electron chi connectivity index (χ4n) is 7.58. The second kappa shape index (κ2) is 7.05. The minimum absolute atomic E-state index is 0.212. The SMILES string of the molecule is CC1C[C@H]2[C@@H]3CCC4=CC(=O)C=C[C@]4(C)[C@@]3(F)[C@@H](O)C[C@]2(C)[C@@]1(O)C(=O)C(O)CC(=O)O. The molecular formula is C24H31FO7. The van der Waals surface area contributed by atoms with E-state index in [1.165, 1.54) is 18.2 Å². The highest BCUT2D eigenvalue weighted by Crippen LogP contribution is 2.70. The summed E-state index contributed by atoms with van der Waals surface area (Å²) in [5.41, 5.74) is -5.97. The van der Waals surface area contributed by atoms with E-state index in [1.54, 1.807) is 20.8 Å². The highest BCUT2D eigenvalue weighted by atomic mass is 19.1. The van der Waals surface area contributed by atoms with Crippen molar-refractivity contribution in [3.05, 3.63) is 23.8 Å². The Labute approximate surface area is 186 Å². The molecule has 0 bridgehead atoms. The Bertz CT molecular complexity index is 943. The molecule has 32 heavy (non-hydrogen) atoms. The van der Waals surface area contributed by atoms with Gasteiger partial charge in [-0.15, -0.1) is 0 Å². The van der Waals surface area contributed by atoms with Crippen LogP contribution in [0, 0.1) is 28.6 Å². The van der Waals surface area contributed by atoms with Gasteiger partial charge in [0.25, 0.3) is 0 Å². The van der Waals surface area contributed by atoms with Gasteiger partial charge in [-0.3, -0.25) is 14.4 Å². The lowest BCUT2D eigenvalue weighted by Crippen LogP contribution is -2.69. The number of rotatable bonds is 4. The molecule has 0 radical (unpaired) electrons. The van der Waals surface area contributed by atoms with Crippen molar-refractivity contribution in [3.63, 3.8) is 0 Å². The largest absolute Gasteiger partial charge is 0.481 e. The summed E-state index contributed by atoms with van der Waals surface area (Å²) < 4.78 is 17.0.